The largest absolute Gasteiger partial charge is 0.379 e. The Labute approximate surface area is 217 Å². The lowest BCUT2D eigenvalue weighted by atomic mass is 10.2. The van der Waals surface area contributed by atoms with Crippen molar-refractivity contribution in [1.29, 1.82) is 0 Å². The summed E-state index contributed by atoms with van der Waals surface area (Å²) >= 11 is 0. The van der Waals surface area contributed by atoms with Crippen LogP contribution < -0.4 is 0 Å². The molecule has 0 radical (unpaired) electrons. The number of hydrogen-bond donors (Lipinski definition) is 0. The Morgan fingerprint density at radius 1 is 0.528 bits per heavy atom. The summed E-state index contributed by atoms with van der Waals surface area (Å²) in [5, 5.41) is 0. The lowest BCUT2D eigenvalue weighted by molar-refractivity contribution is -0.0178. The minimum absolute atomic E-state index is 0.0443. The van der Waals surface area contributed by atoms with Crippen molar-refractivity contribution < 1.29 is 41.0 Å². The molecule has 0 unspecified atom stereocenters. The fourth-order valence-electron chi connectivity index (χ4n) is 2.98. The third kappa shape index (κ3) is 19.1. The molecule has 0 atom stereocenters. The molecular weight excluding hydrogens is 488 g/mol. The zero-order chi connectivity index (χ0) is 26.2. The minimum Gasteiger partial charge on any atom is -0.379 e. The summed E-state index contributed by atoms with van der Waals surface area (Å²) in [4.78, 5) is 0.138. The number of rotatable bonds is 26. The maximum absolute atomic E-state index is 12.0. The van der Waals surface area contributed by atoms with Crippen LogP contribution in [0.1, 0.15) is 44.6 Å². The molecule has 1 aromatic carbocycles. The maximum Gasteiger partial charge on any atom is 0.297 e. The van der Waals surface area contributed by atoms with Crippen molar-refractivity contribution in [2.45, 2.75) is 50.8 Å². The molecular formula is C26H46O9S. The summed E-state index contributed by atoms with van der Waals surface area (Å²) in [5.41, 5.74) is 0.984. The van der Waals surface area contributed by atoms with Crippen LogP contribution in [-0.2, 0) is 42.7 Å². The van der Waals surface area contributed by atoms with Gasteiger partial charge in [0.1, 0.15) is 0 Å². The van der Waals surface area contributed by atoms with E-state index in [1.165, 1.54) is 37.8 Å². The normalized spacial score (nSPS) is 11.8. The van der Waals surface area contributed by atoms with Crippen molar-refractivity contribution in [3.63, 3.8) is 0 Å². The molecule has 0 heterocycles. The van der Waals surface area contributed by atoms with Crippen molar-refractivity contribution in [2.75, 3.05) is 85.9 Å². The molecule has 0 aliphatic rings. The van der Waals surface area contributed by atoms with Crippen molar-refractivity contribution in [3.05, 3.63) is 29.8 Å². The lowest BCUT2D eigenvalue weighted by Crippen LogP contribution is -2.15. The molecule has 0 amide bonds. The Hall–Kier alpha value is -1.11. The summed E-state index contributed by atoms with van der Waals surface area (Å²) in [6.07, 6.45) is 6.24. The number of ether oxygens (including phenoxy) is 6. The van der Waals surface area contributed by atoms with Crippen LogP contribution in [0.3, 0.4) is 0 Å². The highest BCUT2D eigenvalue weighted by Crippen LogP contribution is 2.12. The van der Waals surface area contributed by atoms with E-state index >= 15 is 0 Å². The standard InChI is InChI=1S/C26H46O9S/c1-3-4-5-6-7-12-29-13-14-30-15-16-31-17-18-32-19-20-33-21-22-34-23-24-35-36(27,28)26-10-8-25(2)9-11-26/h8-11H,3-7,12-24H2,1-2H3. The number of unbranched alkanes of at least 4 members (excludes halogenated alkanes) is 4. The molecule has 0 N–H and O–H groups in total. The molecule has 9 nitrogen and oxygen atoms in total. The molecule has 0 saturated carbocycles. The monoisotopic (exact) mass is 534 g/mol. The third-order valence-corrected chi connectivity index (χ3v) is 6.35. The second-order valence-electron chi connectivity index (χ2n) is 8.18. The fraction of sp³-hybridized carbons (Fsp3) is 0.769. The van der Waals surface area contributed by atoms with Crippen LogP contribution in [-0.4, -0.2) is 94.3 Å². The SMILES string of the molecule is CCCCCCCOCCOCCOCCOCCOCCOCCOS(=O)(=O)c1ccc(C)cc1. The quantitative estimate of drug-likeness (QED) is 0.130. The first-order chi connectivity index (χ1) is 17.6. The predicted molar refractivity (Wildman–Crippen MR) is 138 cm³/mol. The van der Waals surface area contributed by atoms with E-state index in [1.54, 1.807) is 12.1 Å². The molecule has 0 aliphatic carbocycles. The van der Waals surface area contributed by atoms with E-state index in [1.807, 2.05) is 6.92 Å². The molecule has 36 heavy (non-hydrogen) atoms. The zero-order valence-corrected chi connectivity index (χ0v) is 22.9. The van der Waals surface area contributed by atoms with Crippen molar-refractivity contribution in [2.24, 2.45) is 0 Å². The first kappa shape index (κ1) is 32.9. The van der Waals surface area contributed by atoms with Crippen LogP contribution in [0.5, 0.6) is 0 Å². The molecule has 10 heteroatoms. The van der Waals surface area contributed by atoms with Gasteiger partial charge in [-0.05, 0) is 25.5 Å². The smallest absolute Gasteiger partial charge is 0.297 e. The summed E-state index contributed by atoms with van der Waals surface area (Å²) in [6.45, 7) is 10.00. The second-order valence-corrected chi connectivity index (χ2v) is 9.79. The first-order valence-corrected chi connectivity index (χ1v) is 14.4. The van der Waals surface area contributed by atoms with Gasteiger partial charge in [-0.2, -0.15) is 8.42 Å². The molecule has 0 spiro atoms. The number of aryl methyl sites for hydroxylation is 1. The van der Waals surface area contributed by atoms with E-state index in [4.69, 9.17) is 32.6 Å². The van der Waals surface area contributed by atoms with Gasteiger partial charge >= 0.3 is 0 Å². The fourth-order valence-corrected chi connectivity index (χ4v) is 3.88. The zero-order valence-electron chi connectivity index (χ0n) is 22.1. The van der Waals surface area contributed by atoms with Crippen LogP contribution in [0.2, 0.25) is 0 Å². The summed E-state index contributed by atoms with van der Waals surface area (Å²) in [6, 6.07) is 6.51. The van der Waals surface area contributed by atoms with Gasteiger partial charge in [0.15, 0.2) is 0 Å². The Bertz CT molecular complexity index is 711. The molecule has 1 rings (SSSR count). The van der Waals surface area contributed by atoms with E-state index in [0.717, 1.165) is 18.6 Å². The highest BCUT2D eigenvalue weighted by molar-refractivity contribution is 7.86. The minimum atomic E-state index is -3.75. The van der Waals surface area contributed by atoms with Gasteiger partial charge in [0.2, 0.25) is 0 Å². The van der Waals surface area contributed by atoms with Crippen LogP contribution in [0.25, 0.3) is 0 Å². The van der Waals surface area contributed by atoms with Crippen molar-refractivity contribution in [1.82, 2.24) is 0 Å². The summed E-state index contributed by atoms with van der Waals surface area (Å²) in [5.74, 6) is 0. The second kappa shape index (κ2) is 23.0. The highest BCUT2D eigenvalue weighted by atomic mass is 32.2. The van der Waals surface area contributed by atoms with E-state index in [9.17, 15) is 8.42 Å². The Balaban J connectivity index is 1.75. The van der Waals surface area contributed by atoms with E-state index < -0.39 is 10.1 Å². The molecule has 0 saturated heterocycles. The third-order valence-electron chi connectivity index (χ3n) is 5.03. The number of benzene rings is 1. The van der Waals surface area contributed by atoms with Gasteiger partial charge in [-0.3, -0.25) is 4.18 Å². The average molecular weight is 535 g/mol. The van der Waals surface area contributed by atoms with Gasteiger partial charge in [-0.25, -0.2) is 0 Å². The van der Waals surface area contributed by atoms with Crippen molar-refractivity contribution >= 4 is 10.1 Å². The molecule has 1 aromatic rings. The van der Waals surface area contributed by atoms with Gasteiger partial charge in [0, 0.05) is 6.61 Å². The summed E-state index contributed by atoms with van der Waals surface area (Å²) < 4.78 is 61.6. The molecule has 0 fully saturated rings. The maximum atomic E-state index is 12.0. The van der Waals surface area contributed by atoms with E-state index in [0.29, 0.717) is 66.1 Å². The topological polar surface area (TPSA) is 98.8 Å². The highest BCUT2D eigenvalue weighted by Gasteiger charge is 2.14. The van der Waals surface area contributed by atoms with Crippen LogP contribution >= 0.6 is 0 Å². The molecule has 210 valence electrons. The van der Waals surface area contributed by atoms with E-state index in [-0.39, 0.29) is 18.1 Å². The van der Waals surface area contributed by atoms with Gasteiger partial charge in [0.25, 0.3) is 10.1 Å². The van der Waals surface area contributed by atoms with Crippen LogP contribution in [0.4, 0.5) is 0 Å². The Morgan fingerprint density at radius 2 is 0.917 bits per heavy atom. The van der Waals surface area contributed by atoms with Gasteiger partial charge in [-0.15, -0.1) is 0 Å². The Kier molecular flexibility index (Phi) is 21.1. The molecule has 0 aliphatic heterocycles. The molecule has 0 aromatic heterocycles. The average Bonchev–Trinajstić information content (AvgIpc) is 2.87. The summed E-state index contributed by atoms with van der Waals surface area (Å²) in [7, 11) is -3.75. The lowest BCUT2D eigenvalue weighted by Gasteiger charge is -2.09. The Morgan fingerprint density at radius 3 is 1.36 bits per heavy atom. The van der Waals surface area contributed by atoms with Crippen molar-refractivity contribution in [3.8, 4) is 0 Å². The van der Waals surface area contributed by atoms with Gasteiger partial charge < -0.3 is 28.4 Å². The number of hydrogen-bond acceptors (Lipinski definition) is 9. The first-order valence-electron chi connectivity index (χ1n) is 13.0. The van der Waals surface area contributed by atoms with Crippen LogP contribution in [0, 0.1) is 6.92 Å². The van der Waals surface area contributed by atoms with Gasteiger partial charge in [0.05, 0.1) is 84.2 Å². The van der Waals surface area contributed by atoms with E-state index in [2.05, 4.69) is 6.92 Å². The van der Waals surface area contributed by atoms with Gasteiger partial charge in [-0.1, -0.05) is 50.3 Å². The van der Waals surface area contributed by atoms with Crippen LogP contribution in [0.15, 0.2) is 29.2 Å². The molecule has 0 bridgehead atoms. The predicted octanol–water partition coefficient (Wildman–Crippen LogP) is 3.77.